The molecule has 1 aliphatic rings. The van der Waals surface area contributed by atoms with Crippen molar-refractivity contribution in [2.45, 2.75) is 39.2 Å². The molecule has 0 spiro atoms. The lowest BCUT2D eigenvalue weighted by Crippen LogP contribution is -2.30. The van der Waals surface area contributed by atoms with E-state index in [0.717, 1.165) is 18.8 Å². The maximum Gasteiger partial charge on any atom is 0.243 e. The summed E-state index contributed by atoms with van der Waals surface area (Å²) in [5.41, 5.74) is 6.10. The molecule has 1 heterocycles. The molecule has 0 saturated heterocycles. The predicted molar refractivity (Wildman–Crippen MR) is 74.5 cm³/mol. The highest BCUT2D eigenvalue weighted by atomic mass is 32.1. The van der Waals surface area contributed by atoms with E-state index in [0.29, 0.717) is 17.5 Å². The van der Waals surface area contributed by atoms with Crippen LogP contribution in [0.5, 0.6) is 5.88 Å². The molecule has 3 unspecified atom stereocenters. The molecule has 1 aromatic rings. The lowest BCUT2D eigenvalue weighted by Gasteiger charge is -2.32. The number of hydrogen-bond acceptors (Lipinski definition) is 4. The molecule has 3 atom stereocenters. The predicted octanol–water partition coefficient (Wildman–Crippen LogP) is 2.31. The van der Waals surface area contributed by atoms with Gasteiger partial charge in [0.15, 0.2) is 5.69 Å². The minimum Gasteiger partial charge on any atom is -0.473 e. The van der Waals surface area contributed by atoms with Crippen molar-refractivity contribution < 1.29 is 4.74 Å². The second-order valence-electron chi connectivity index (χ2n) is 5.08. The maximum atomic E-state index is 5.93. The van der Waals surface area contributed by atoms with Gasteiger partial charge in [-0.2, -0.15) is 0 Å². The molecular formula is C13H19N3OS. The Morgan fingerprint density at radius 3 is 2.67 bits per heavy atom. The molecule has 0 aromatic carbocycles. The van der Waals surface area contributed by atoms with Gasteiger partial charge in [-0.05, 0) is 31.1 Å². The number of nitrogens with zero attached hydrogens (tertiary/aromatic N) is 2. The van der Waals surface area contributed by atoms with Crippen molar-refractivity contribution in [2.24, 2.45) is 17.6 Å². The summed E-state index contributed by atoms with van der Waals surface area (Å²) in [6.07, 6.45) is 6.67. The smallest absolute Gasteiger partial charge is 0.243 e. The van der Waals surface area contributed by atoms with E-state index >= 15 is 0 Å². The van der Waals surface area contributed by atoms with Gasteiger partial charge < -0.3 is 10.5 Å². The fourth-order valence-electron chi connectivity index (χ4n) is 2.34. The molecule has 98 valence electrons. The highest BCUT2D eigenvalue weighted by Crippen LogP contribution is 2.31. The molecule has 1 fully saturated rings. The Morgan fingerprint density at radius 1 is 1.28 bits per heavy atom. The first-order valence-electron chi connectivity index (χ1n) is 6.35. The molecule has 18 heavy (non-hydrogen) atoms. The molecule has 0 bridgehead atoms. The van der Waals surface area contributed by atoms with Crippen LogP contribution in [-0.2, 0) is 0 Å². The molecule has 0 amide bonds. The van der Waals surface area contributed by atoms with Crippen LogP contribution in [0.25, 0.3) is 0 Å². The summed E-state index contributed by atoms with van der Waals surface area (Å²) >= 11 is 4.95. The number of rotatable bonds is 3. The summed E-state index contributed by atoms with van der Waals surface area (Å²) in [6, 6.07) is 0. The van der Waals surface area contributed by atoms with E-state index < -0.39 is 0 Å². The van der Waals surface area contributed by atoms with Crippen molar-refractivity contribution in [3.05, 3.63) is 18.1 Å². The van der Waals surface area contributed by atoms with Crippen molar-refractivity contribution in [1.82, 2.24) is 9.97 Å². The third kappa shape index (κ3) is 2.96. The Bertz CT molecular complexity index is 438. The van der Waals surface area contributed by atoms with Gasteiger partial charge in [-0.15, -0.1) is 0 Å². The Labute approximate surface area is 113 Å². The Kier molecular flexibility index (Phi) is 4.11. The van der Waals surface area contributed by atoms with Gasteiger partial charge >= 0.3 is 0 Å². The Morgan fingerprint density at radius 2 is 2.00 bits per heavy atom. The highest BCUT2D eigenvalue weighted by molar-refractivity contribution is 7.80. The van der Waals surface area contributed by atoms with Crippen molar-refractivity contribution in [3.63, 3.8) is 0 Å². The summed E-state index contributed by atoms with van der Waals surface area (Å²) in [4.78, 5) is 8.54. The van der Waals surface area contributed by atoms with Crippen LogP contribution in [0.3, 0.4) is 0 Å². The van der Waals surface area contributed by atoms with Crippen LogP contribution in [0.1, 0.15) is 38.8 Å². The van der Waals surface area contributed by atoms with Crippen LogP contribution in [-0.4, -0.2) is 21.1 Å². The Balaban J connectivity index is 2.08. The summed E-state index contributed by atoms with van der Waals surface area (Å²) in [6.45, 7) is 4.56. The lowest BCUT2D eigenvalue weighted by molar-refractivity contribution is 0.0959. The van der Waals surface area contributed by atoms with E-state index in [9.17, 15) is 0 Å². The minimum atomic E-state index is 0.195. The van der Waals surface area contributed by atoms with Gasteiger partial charge in [-0.3, -0.25) is 0 Å². The fourth-order valence-corrected chi connectivity index (χ4v) is 2.48. The van der Waals surface area contributed by atoms with Crippen LogP contribution in [0.2, 0.25) is 0 Å². The molecule has 4 nitrogen and oxygen atoms in total. The monoisotopic (exact) mass is 265 g/mol. The quantitative estimate of drug-likeness (QED) is 0.850. The van der Waals surface area contributed by atoms with Gasteiger partial charge in [-0.25, -0.2) is 9.97 Å². The van der Waals surface area contributed by atoms with Gasteiger partial charge in [0, 0.05) is 12.4 Å². The summed E-state index contributed by atoms with van der Waals surface area (Å²) in [5, 5.41) is 0. The number of ether oxygens (including phenoxy) is 1. The maximum absolute atomic E-state index is 5.93. The zero-order chi connectivity index (χ0) is 13.1. The average molecular weight is 265 g/mol. The third-order valence-electron chi connectivity index (χ3n) is 3.73. The Hall–Kier alpha value is -1.23. The second-order valence-corrected chi connectivity index (χ2v) is 5.52. The highest BCUT2D eigenvalue weighted by Gasteiger charge is 2.26. The van der Waals surface area contributed by atoms with E-state index in [4.69, 9.17) is 22.7 Å². The molecule has 1 saturated carbocycles. The molecule has 2 N–H and O–H groups in total. The number of thiocarbonyl (C=S) groups is 1. The SMILES string of the molecule is CC1CCC(Oc2nccnc2C(N)=S)CC1C. The molecule has 0 radical (unpaired) electrons. The number of nitrogens with two attached hydrogens (primary N) is 1. The van der Waals surface area contributed by atoms with Crippen LogP contribution >= 0.6 is 12.2 Å². The standard InChI is InChI=1S/C13H19N3OS/c1-8-3-4-10(7-9(8)2)17-13-11(12(14)18)15-5-6-16-13/h5-6,8-10H,3-4,7H2,1-2H3,(H2,14,18). The van der Waals surface area contributed by atoms with Crippen LogP contribution in [0.4, 0.5) is 0 Å². The molecule has 5 heteroatoms. The van der Waals surface area contributed by atoms with E-state index in [1.54, 1.807) is 12.4 Å². The fraction of sp³-hybridized carbons (Fsp3) is 0.615. The largest absolute Gasteiger partial charge is 0.473 e. The zero-order valence-corrected chi connectivity index (χ0v) is 11.6. The normalized spacial score (nSPS) is 27.8. The van der Waals surface area contributed by atoms with Crippen molar-refractivity contribution in [3.8, 4) is 5.88 Å². The average Bonchev–Trinajstić information content (AvgIpc) is 2.34. The van der Waals surface area contributed by atoms with E-state index in [1.807, 2.05) is 0 Å². The van der Waals surface area contributed by atoms with Gasteiger partial charge in [0.1, 0.15) is 11.1 Å². The van der Waals surface area contributed by atoms with E-state index in [-0.39, 0.29) is 11.1 Å². The number of hydrogen-bond donors (Lipinski definition) is 1. The molecular weight excluding hydrogens is 246 g/mol. The van der Waals surface area contributed by atoms with Crippen LogP contribution in [0, 0.1) is 11.8 Å². The van der Waals surface area contributed by atoms with Gasteiger partial charge in [0.05, 0.1) is 0 Å². The first-order chi connectivity index (χ1) is 8.58. The zero-order valence-electron chi connectivity index (χ0n) is 10.8. The van der Waals surface area contributed by atoms with Gasteiger partial charge in [0.2, 0.25) is 5.88 Å². The first kappa shape index (κ1) is 13.2. The van der Waals surface area contributed by atoms with Gasteiger partial charge in [0.25, 0.3) is 0 Å². The lowest BCUT2D eigenvalue weighted by atomic mass is 9.80. The molecule has 1 aliphatic carbocycles. The van der Waals surface area contributed by atoms with Crippen LogP contribution < -0.4 is 10.5 Å². The third-order valence-corrected chi connectivity index (χ3v) is 3.92. The minimum absolute atomic E-state index is 0.195. The molecule has 0 aliphatic heterocycles. The van der Waals surface area contributed by atoms with E-state index in [1.165, 1.54) is 6.42 Å². The molecule has 1 aromatic heterocycles. The summed E-state index contributed by atoms with van der Waals surface area (Å²) in [5.74, 6) is 1.91. The summed E-state index contributed by atoms with van der Waals surface area (Å²) < 4.78 is 5.93. The topological polar surface area (TPSA) is 61.0 Å². The van der Waals surface area contributed by atoms with Gasteiger partial charge in [-0.1, -0.05) is 26.1 Å². The summed E-state index contributed by atoms with van der Waals surface area (Å²) in [7, 11) is 0. The second kappa shape index (κ2) is 5.61. The first-order valence-corrected chi connectivity index (χ1v) is 6.76. The van der Waals surface area contributed by atoms with E-state index in [2.05, 4.69) is 23.8 Å². The van der Waals surface area contributed by atoms with Crippen molar-refractivity contribution >= 4 is 17.2 Å². The number of aromatic nitrogens is 2. The van der Waals surface area contributed by atoms with Crippen molar-refractivity contribution in [2.75, 3.05) is 0 Å². The molecule has 2 rings (SSSR count). The van der Waals surface area contributed by atoms with Crippen molar-refractivity contribution in [1.29, 1.82) is 0 Å². The van der Waals surface area contributed by atoms with Crippen LogP contribution in [0.15, 0.2) is 12.4 Å².